The molecular weight excluding hydrogens is 284 g/mol. The molecule has 0 aromatic heterocycles. The van der Waals surface area contributed by atoms with Crippen molar-refractivity contribution < 1.29 is 9.00 Å². The van der Waals surface area contributed by atoms with Crippen LogP contribution >= 0.6 is 0 Å². The molecule has 0 heterocycles. The summed E-state index contributed by atoms with van der Waals surface area (Å²) in [5, 5.41) is 2.76. The smallest absolute Gasteiger partial charge is 0.225 e. The number of carbonyl (C=O) groups excluding carboxylic acids is 1. The summed E-state index contributed by atoms with van der Waals surface area (Å²) in [7, 11) is -1.03. The lowest BCUT2D eigenvalue weighted by molar-refractivity contribution is -0.115. The van der Waals surface area contributed by atoms with Gasteiger partial charge in [0.1, 0.15) is 0 Å². The number of nitrogen functional groups attached to an aromatic ring is 1. The Morgan fingerprint density at radius 2 is 1.71 bits per heavy atom. The van der Waals surface area contributed by atoms with E-state index in [1.165, 1.54) is 0 Å². The first-order chi connectivity index (χ1) is 10.1. The van der Waals surface area contributed by atoms with Crippen molar-refractivity contribution in [3.05, 3.63) is 60.2 Å². The second kappa shape index (κ2) is 7.59. The van der Waals surface area contributed by atoms with Crippen LogP contribution in [0, 0.1) is 0 Å². The topological polar surface area (TPSA) is 72.2 Å². The van der Waals surface area contributed by atoms with Crippen LogP contribution in [0.1, 0.15) is 12.0 Å². The molecule has 21 heavy (non-hydrogen) atoms. The van der Waals surface area contributed by atoms with E-state index in [-0.39, 0.29) is 12.3 Å². The molecule has 110 valence electrons. The number of hydrogen-bond acceptors (Lipinski definition) is 3. The molecule has 0 saturated heterocycles. The number of hydrogen-bond donors (Lipinski definition) is 2. The van der Waals surface area contributed by atoms with E-state index in [9.17, 15) is 9.00 Å². The van der Waals surface area contributed by atoms with Crippen LogP contribution in [0.4, 0.5) is 11.4 Å². The van der Waals surface area contributed by atoms with Crippen LogP contribution in [0.2, 0.25) is 0 Å². The van der Waals surface area contributed by atoms with Crippen LogP contribution in [-0.4, -0.2) is 15.9 Å². The van der Waals surface area contributed by atoms with E-state index in [2.05, 4.69) is 5.32 Å². The molecule has 2 aromatic rings. The number of rotatable bonds is 6. The highest BCUT2D eigenvalue weighted by molar-refractivity contribution is 7.84. The molecule has 3 N–H and O–H groups in total. The predicted octanol–water partition coefficient (Wildman–Crippen LogP) is 2.55. The van der Waals surface area contributed by atoms with E-state index in [1.54, 1.807) is 24.3 Å². The third kappa shape index (κ3) is 5.39. The average molecular weight is 302 g/mol. The number of nitrogens with two attached hydrogens (primary N) is 1. The average Bonchev–Trinajstić information content (AvgIpc) is 2.49. The first-order valence-corrected chi connectivity index (χ1v) is 8.16. The fraction of sp³-hybridized carbons (Fsp3) is 0.188. The third-order valence-corrected chi connectivity index (χ3v) is 4.24. The fourth-order valence-electron chi connectivity index (χ4n) is 1.83. The molecule has 1 atom stereocenters. The number of anilines is 2. The lowest BCUT2D eigenvalue weighted by atomic mass is 10.2. The standard InChI is InChI=1S/C16H18N2O2S/c17-14-6-8-15(9-7-14)18-16(19)10-11-21(20)12-13-4-2-1-3-5-13/h1-9H,10-12,17H2,(H,18,19). The molecular formula is C16H18N2O2S. The molecule has 2 rings (SSSR count). The van der Waals surface area contributed by atoms with Crippen molar-refractivity contribution in [1.82, 2.24) is 0 Å². The van der Waals surface area contributed by atoms with Gasteiger partial charge in [-0.1, -0.05) is 30.3 Å². The van der Waals surface area contributed by atoms with Crippen LogP contribution in [0.15, 0.2) is 54.6 Å². The molecule has 0 radical (unpaired) electrons. The quantitative estimate of drug-likeness (QED) is 0.805. The van der Waals surface area contributed by atoms with Crippen LogP contribution in [0.25, 0.3) is 0 Å². The summed E-state index contributed by atoms with van der Waals surface area (Å²) in [6, 6.07) is 16.6. The number of amides is 1. The highest BCUT2D eigenvalue weighted by Crippen LogP contribution is 2.11. The van der Waals surface area contributed by atoms with E-state index < -0.39 is 10.8 Å². The molecule has 0 fully saturated rings. The molecule has 0 aliphatic carbocycles. The molecule has 1 amide bonds. The summed E-state index contributed by atoms with van der Waals surface area (Å²) < 4.78 is 11.9. The van der Waals surface area contributed by atoms with Crippen molar-refractivity contribution in [2.24, 2.45) is 0 Å². The molecule has 4 nitrogen and oxygen atoms in total. The predicted molar refractivity (Wildman–Crippen MR) is 87.3 cm³/mol. The van der Waals surface area contributed by atoms with Gasteiger partial charge in [0.15, 0.2) is 0 Å². The van der Waals surface area contributed by atoms with E-state index in [0.29, 0.717) is 22.9 Å². The van der Waals surface area contributed by atoms with Crippen LogP contribution < -0.4 is 11.1 Å². The molecule has 0 aliphatic heterocycles. The lowest BCUT2D eigenvalue weighted by Crippen LogP contribution is -2.15. The Kier molecular flexibility index (Phi) is 5.51. The monoisotopic (exact) mass is 302 g/mol. The first kappa shape index (κ1) is 15.3. The van der Waals surface area contributed by atoms with Gasteiger partial charge in [0.25, 0.3) is 0 Å². The zero-order chi connectivity index (χ0) is 15.1. The lowest BCUT2D eigenvalue weighted by Gasteiger charge is -2.06. The second-order valence-electron chi connectivity index (χ2n) is 4.69. The van der Waals surface area contributed by atoms with Gasteiger partial charge in [-0.3, -0.25) is 9.00 Å². The van der Waals surface area contributed by atoms with Crippen molar-refractivity contribution >= 4 is 28.1 Å². The van der Waals surface area contributed by atoms with Gasteiger partial charge in [0.2, 0.25) is 5.91 Å². The van der Waals surface area contributed by atoms with Gasteiger partial charge in [-0.25, -0.2) is 0 Å². The van der Waals surface area contributed by atoms with Crippen molar-refractivity contribution in [3.8, 4) is 0 Å². The Morgan fingerprint density at radius 1 is 1.05 bits per heavy atom. The van der Waals surface area contributed by atoms with Gasteiger partial charge in [-0.15, -0.1) is 0 Å². The molecule has 2 aromatic carbocycles. The van der Waals surface area contributed by atoms with Crippen LogP contribution in [0.5, 0.6) is 0 Å². The Labute approximate surface area is 126 Å². The van der Waals surface area contributed by atoms with Gasteiger partial charge in [-0.2, -0.15) is 0 Å². The highest BCUT2D eigenvalue weighted by atomic mass is 32.2. The zero-order valence-corrected chi connectivity index (χ0v) is 12.4. The number of nitrogens with one attached hydrogen (secondary N) is 1. The minimum atomic E-state index is -1.03. The van der Waals surface area contributed by atoms with Crippen LogP contribution in [-0.2, 0) is 21.3 Å². The normalized spacial score (nSPS) is 11.8. The van der Waals surface area contributed by atoms with E-state index >= 15 is 0 Å². The maximum Gasteiger partial charge on any atom is 0.225 e. The summed E-state index contributed by atoms with van der Waals surface area (Å²) in [6.45, 7) is 0. The number of carbonyl (C=O) groups is 1. The summed E-state index contributed by atoms with van der Waals surface area (Å²) in [4.78, 5) is 11.8. The maximum atomic E-state index is 11.9. The Hall–Kier alpha value is -2.14. The van der Waals surface area contributed by atoms with E-state index in [1.807, 2.05) is 30.3 Å². The Balaban J connectivity index is 1.76. The van der Waals surface area contributed by atoms with Gasteiger partial charge >= 0.3 is 0 Å². The van der Waals surface area contributed by atoms with Crippen molar-refractivity contribution in [1.29, 1.82) is 0 Å². The molecule has 5 heteroatoms. The van der Waals surface area contributed by atoms with E-state index in [0.717, 1.165) is 5.56 Å². The maximum absolute atomic E-state index is 11.9. The van der Waals surface area contributed by atoms with Crippen molar-refractivity contribution in [3.63, 3.8) is 0 Å². The first-order valence-electron chi connectivity index (χ1n) is 6.68. The van der Waals surface area contributed by atoms with Crippen LogP contribution in [0.3, 0.4) is 0 Å². The zero-order valence-electron chi connectivity index (χ0n) is 11.6. The molecule has 0 spiro atoms. The minimum Gasteiger partial charge on any atom is -0.399 e. The summed E-state index contributed by atoms with van der Waals surface area (Å²) in [6.07, 6.45) is 0.240. The molecule has 0 aliphatic rings. The van der Waals surface area contributed by atoms with Gasteiger partial charge in [0, 0.05) is 40.1 Å². The van der Waals surface area contributed by atoms with Gasteiger partial charge < -0.3 is 11.1 Å². The third-order valence-electron chi connectivity index (χ3n) is 2.92. The Morgan fingerprint density at radius 3 is 2.38 bits per heavy atom. The van der Waals surface area contributed by atoms with Gasteiger partial charge in [0.05, 0.1) is 0 Å². The Bertz CT molecular complexity index is 612. The SMILES string of the molecule is Nc1ccc(NC(=O)CCS(=O)Cc2ccccc2)cc1. The molecule has 0 saturated carbocycles. The van der Waals surface area contributed by atoms with Crippen molar-refractivity contribution in [2.75, 3.05) is 16.8 Å². The second-order valence-corrected chi connectivity index (χ2v) is 6.27. The summed E-state index contributed by atoms with van der Waals surface area (Å²) in [5.74, 6) is 0.701. The minimum absolute atomic E-state index is 0.138. The van der Waals surface area contributed by atoms with E-state index in [4.69, 9.17) is 5.73 Å². The largest absolute Gasteiger partial charge is 0.399 e. The summed E-state index contributed by atoms with van der Waals surface area (Å²) in [5.41, 5.74) is 7.95. The van der Waals surface area contributed by atoms with Crippen molar-refractivity contribution in [2.45, 2.75) is 12.2 Å². The number of benzene rings is 2. The highest BCUT2D eigenvalue weighted by Gasteiger charge is 2.07. The van der Waals surface area contributed by atoms with Gasteiger partial charge in [-0.05, 0) is 29.8 Å². The fourth-order valence-corrected chi connectivity index (χ4v) is 2.95. The molecule has 0 bridgehead atoms. The molecule has 1 unspecified atom stereocenters. The summed E-state index contributed by atoms with van der Waals surface area (Å²) >= 11 is 0.